The van der Waals surface area contributed by atoms with Crippen molar-refractivity contribution in [2.75, 3.05) is 6.61 Å². The molecule has 0 saturated heterocycles. The molecule has 1 saturated carbocycles. The number of hydrogen-bond donors (Lipinski definition) is 1. The Bertz CT molecular complexity index is 576. The second-order valence-corrected chi connectivity index (χ2v) is 6.63. The van der Waals surface area contributed by atoms with E-state index in [2.05, 4.69) is 11.9 Å². The van der Waals surface area contributed by atoms with Crippen LogP contribution in [0.1, 0.15) is 64.0 Å². The van der Waals surface area contributed by atoms with Crippen LogP contribution >= 0.6 is 0 Å². The second-order valence-electron chi connectivity index (χ2n) is 6.63. The number of nitrogens with zero attached hydrogens (tertiary/aromatic N) is 1. The van der Waals surface area contributed by atoms with E-state index >= 15 is 0 Å². The number of aliphatic hydroxyl groups excluding tert-OH is 1. The topological polar surface area (TPSA) is 41.8 Å². The van der Waals surface area contributed by atoms with Crippen molar-refractivity contribution in [1.29, 1.82) is 0 Å². The minimum Gasteiger partial charge on any atom is -0.494 e. The molecule has 1 aromatic carbocycles. The summed E-state index contributed by atoms with van der Waals surface area (Å²) in [6.45, 7) is 7.55. The Labute approximate surface area is 154 Å². The molecular weight excluding hydrogens is 343 g/mol. The lowest BCUT2D eigenvalue weighted by Crippen LogP contribution is -2.27. The van der Waals surface area contributed by atoms with Gasteiger partial charge in [-0.2, -0.15) is 13.2 Å². The maximum absolute atomic E-state index is 12.9. The largest absolute Gasteiger partial charge is 0.494 e. The van der Waals surface area contributed by atoms with Crippen LogP contribution in [0.3, 0.4) is 0 Å². The van der Waals surface area contributed by atoms with Gasteiger partial charge in [-0.05, 0) is 50.7 Å². The molecule has 0 aromatic heterocycles. The SMILES string of the molecule is CC=Nc1cc(OCCC)cc(C(F)(F)F)c1C.CCCC1CC(O)C1. The molecule has 0 spiro atoms. The quantitative estimate of drug-likeness (QED) is 0.614. The summed E-state index contributed by atoms with van der Waals surface area (Å²) in [5, 5.41) is 8.84. The van der Waals surface area contributed by atoms with Gasteiger partial charge in [0, 0.05) is 12.3 Å². The van der Waals surface area contributed by atoms with Gasteiger partial charge in [-0.1, -0.05) is 26.7 Å². The van der Waals surface area contributed by atoms with Crippen LogP contribution in [0.5, 0.6) is 5.75 Å². The molecule has 0 aliphatic heterocycles. The number of aliphatic hydroxyl groups is 1. The monoisotopic (exact) mass is 373 g/mol. The molecule has 0 atom stereocenters. The molecule has 0 heterocycles. The van der Waals surface area contributed by atoms with Crippen LogP contribution in [-0.4, -0.2) is 24.0 Å². The predicted molar refractivity (Wildman–Crippen MR) is 99.4 cm³/mol. The first-order valence-electron chi connectivity index (χ1n) is 9.24. The van der Waals surface area contributed by atoms with Crippen LogP contribution < -0.4 is 4.74 Å². The highest BCUT2D eigenvalue weighted by Crippen LogP contribution is 2.38. The van der Waals surface area contributed by atoms with E-state index in [4.69, 9.17) is 9.84 Å². The van der Waals surface area contributed by atoms with Gasteiger partial charge in [0.2, 0.25) is 0 Å². The van der Waals surface area contributed by atoms with E-state index in [-0.39, 0.29) is 17.4 Å². The molecule has 0 radical (unpaired) electrons. The van der Waals surface area contributed by atoms with Gasteiger partial charge >= 0.3 is 6.18 Å². The van der Waals surface area contributed by atoms with E-state index in [1.165, 1.54) is 32.0 Å². The average molecular weight is 373 g/mol. The van der Waals surface area contributed by atoms with E-state index < -0.39 is 11.7 Å². The van der Waals surface area contributed by atoms with E-state index in [0.29, 0.717) is 12.3 Å². The van der Waals surface area contributed by atoms with E-state index in [9.17, 15) is 13.2 Å². The van der Waals surface area contributed by atoms with Gasteiger partial charge in [0.25, 0.3) is 0 Å². The predicted octanol–water partition coefficient (Wildman–Crippen LogP) is 6.08. The molecule has 1 aliphatic carbocycles. The third-order valence-electron chi connectivity index (χ3n) is 4.31. The smallest absolute Gasteiger partial charge is 0.416 e. The molecule has 1 aromatic rings. The highest BCUT2D eigenvalue weighted by atomic mass is 19.4. The standard InChI is InChI=1S/C13H16F3NO.C7H14O/c1-4-6-18-10-7-11(13(14,15)16)9(3)12(8-10)17-5-2;1-2-3-6-4-7(8)5-6/h5,7-8H,4,6H2,1-3H3;6-8H,2-5H2,1H3. The minimum atomic E-state index is -4.40. The molecule has 0 bridgehead atoms. The molecule has 1 fully saturated rings. The van der Waals surface area contributed by atoms with Crippen LogP contribution in [0.25, 0.3) is 0 Å². The number of halogens is 3. The van der Waals surface area contributed by atoms with Crippen molar-refractivity contribution < 1.29 is 23.0 Å². The van der Waals surface area contributed by atoms with Gasteiger partial charge in [-0.3, -0.25) is 4.99 Å². The maximum atomic E-state index is 12.9. The molecule has 3 nitrogen and oxygen atoms in total. The molecule has 0 unspecified atom stereocenters. The normalized spacial score (nSPS) is 19.7. The summed E-state index contributed by atoms with van der Waals surface area (Å²) in [5.74, 6) is 1.06. The third kappa shape index (κ3) is 6.98. The molecule has 1 N–H and O–H groups in total. The zero-order chi connectivity index (χ0) is 19.7. The van der Waals surface area contributed by atoms with Crippen LogP contribution in [0.4, 0.5) is 18.9 Å². The van der Waals surface area contributed by atoms with Crippen molar-refractivity contribution in [3.05, 3.63) is 23.3 Å². The number of hydrogen-bond acceptors (Lipinski definition) is 3. The lowest BCUT2D eigenvalue weighted by atomic mass is 9.80. The van der Waals surface area contributed by atoms with Crippen LogP contribution in [0.15, 0.2) is 17.1 Å². The summed E-state index contributed by atoms with van der Waals surface area (Å²) >= 11 is 0. The Hall–Kier alpha value is -1.56. The second kappa shape index (κ2) is 10.6. The first kappa shape index (κ1) is 22.5. The van der Waals surface area contributed by atoms with Gasteiger partial charge < -0.3 is 9.84 Å². The van der Waals surface area contributed by atoms with E-state index in [1.807, 2.05) is 6.92 Å². The van der Waals surface area contributed by atoms with E-state index in [0.717, 1.165) is 31.2 Å². The van der Waals surface area contributed by atoms with Crippen molar-refractivity contribution in [2.45, 2.75) is 72.1 Å². The molecule has 2 rings (SSSR count). The van der Waals surface area contributed by atoms with Gasteiger partial charge in [-0.15, -0.1) is 0 Å². The Morgan fingerprint density at radius 1 is 1.23 bits per heavy atom. The summed E-state index contributed by atoms with van der Waals surface area (Å²) in [4.78, 5) is 3.94. The summed E-state index contributed by atoms with van der Waals surface area (Å²) in [6.07, 6.45) is 2.57. The van der Waals surface area contributed by atoms with Crippen LogP contribution in [-0.2, 0) is 6.18 Å². The molecule has 6 heteroatoms. The summed E-state index contributed by atoms with van der Waals surface area (Å²) in [5.41, 5.74) is -0.292. The van der Waals surface area contributed by atoms with Crippen LogP contribution in [0, 0.1) is 12.8 Å². The Kier molecular flexibility index (Phi) is 9.13. The minimum absolute atomic E-state index is 0.0477. The Balaban J connectivity index is 0.000000350. The number of aliphatic imine (C=N–C) groups is 1. The lowest BCUT2D eigenvalue weighted by molar-refractivity contribution is -0.138. The van der Waals surface area contributed by atoms with Gasteiger partial charge in [0.1, 0.15) is 5.75 Å². The van der Waals surface area contributed by atoms with Crippen molar-refractivity contribution >= 4 is 11.9 Å². The molecule has 26 heavy (non-hydrogen) atoms. The average Bonchev–Trinajstić information content (AvgIpc) is 2.54. The zero-order valence-corrected chi connectivity index (χ0v) is 16.1. The fourth-order valence-corrected chi connectivity index (χ4v) is 2.89. The van der Waals surface area contributed by atoms with Gasteiger partial charge in [0.05, 0.1) is 24.0 Å². The highest BCUT2D eigenvalue weighted by Gasteiger charge is 2.34. The maximum Gasteiger partial charge on any atom is 0.416 e. The summed E-state index contributed by atoms with van der Waals surface area (Å²) in [6, 6.07) is 2.56. The molecule has 0 amide bonds. The fourth-order valence-electron chi connectivity index (χ4n) is 2.89. The third-order valence-corrected chi connectivity index (χ3v) is 4.31. The number of ether oxygens (including phenoxy) is 1. The Morgan fingerprint density at radius 3 is 2.35 bits per heavy atom. The fraction of sp³-hybridized carbons (Fsp3) is 0.650. The first-order valence-corrected chi connectivity index (χ1v) is 9.24. The molecule has 148 valence electrons. The van der Waals surface area contributed by atoms with Gasteiger partial charge in [0.15, 0.2) is 0 Å². The van der Waals surface area contributed by atoms with Crippen molar-refractivity contribution in [2.24, 2.45) is 10.9 Å². The highest BCUT2D eigenvalue weighted by molar-refractivity contribution is 5.65. The first-order chi connectivity index (χ1) is 12.2. The number of benzene rings is 1. The molecule has 1 aliphatic rings. The zero-order valence-electron chi connectivity index (χ0n) is 16.1. The van der Waals surface area contributed by atoms with Crippen molar-refractivity contribution in [1.82, 2.24) is 0 Å². The number of rotatable bonds is 6. The van der Waals surface area contributed by atoms with Crippen molar-refractivity contribution in [3.8, 4) is 5.75 Å². The Morgan fingerprint density at radius 2 is 1.88 bits per heavy atom. The molecular formula is C20H30F3NO2. The summed E-state index contributed by atoms with van der Waals surface area (Å²) < 4.78 is 43.9. The van der Waals surface area contributed by atoms with Gasteiger partial charge in [-0.25, -0.2) is 0 Å². The van der Waals surface area contributed by atoms with Crippen LogP contribution in [0.2, 0.25) is 0 Å². The number of alkyl halides is 3. The van der Waals surface area contributed by atoms with Crippen molar-refractivity contribution in [3.63, 3.8) is 0 Å². The summed E-state index contributed by atoms with van der Waals surface area (Å²) in [7, 11) is 0. The lowest BCUT2D eigenvalue weighted by Gasteiger charge is -2.30. The van der Waals surface area contributed by atoms with E-state index in [1.54, 1.807) is 6.92 Å².